The highest BCUT2D eigenvalue weighted by molar-refractivity contribution is 5.88. The van der Waals surface area contributed by atoms with Gasteiger partial charge in [-0.05, 0) is 22.8 Å². The third-order valence-corrected chi connectivity index (χ3v) is 4.03. The van der Waals surface area contributed by atoms with Crippen LogP contribution in [-0.4, -0.2) is 11.9 Å². The van der Waals surface area contributed by atoms with Crippen molar-refractivity contribution in [3.63, 3.8) is 0 Å². The second kappa shape index (κ2) is 5.88. The largest absolute Gasteiger partial charge is 0.466 e. The normalized spacial score (nSPS) is 16.5. The van der Waals surface area contributed by atoms with Crippen LogP contribution < -0.4 is 4.74 Å². The Bertz CT molecular complexity index is 813. The molecule has 0 aliphatic carbocycles. The molecule has 0 saturated carbocycles. The van der Waals surface area contributed by atoms with Crippen molar-refractivity contribution in [2.45, 2.75) is 6.29 Å². The summed E-state index contributed by atoms with van der Waals surface area (Å²) >= 11 is 0. The van der Waals surface area contributed by atoms with Crippen LogP contribution in [0.15, 0.2) is 72.8 Å². The van der Waals surface area contributed by atoms with Gasteiger partial charge in [-0.15, -0.1) is 0 Å². The van der Waals surface area contributed by atoms with Crippen LogP contribution in [-0.2, 0) is 4.74 Å². The summed E-state index contributed by atoms with van der Waals surface area (Å²) in [6, 6.07) is 24.1. The van der Waals surface area contributed by atoms with Crippen LogP contribution in [0.4, 0.5) is 0 Å². The molecule has 3 aromatic carbocycles. The van der Waals surface area contributed by atoms with Crippen molar-refractivity contribution in [1.29, 1.82) is 0 Å². The highest BCUT2D eigenvalue weighted by Gasteiger charge is 2.25. The van der Waals surface area contributed by atoms with E-state index in [4.69, 9.17) is 9.47 Å². The molecule has 1 aliphatic heterocycles. The van der Waals surface area contributed by atoms with E-state index in [0.29, 0.717) is 11.3 Å². The fraction of sp³-hybridized carbons (Fsp3) is 0.100. The predicted octanol–water partition coefficient (Wildman–Crippen LogP) is 4.38. The average molecular weight is 304 g/mol. The van der Waals surface area contributed by atoms with Crippen molar-refractivity contribution in [3.8, 4) is 28.0 Å². The van der Waals surface area contributed by atoms with Crippen LogP contribution in [0.2, 0.25) is 0 Å². The first-order valence-electron chi connectivity index (χ1n) is 7.55. The highest BCUT2D eigenvalue weighted by atomic mass is 16.7. The van der Waals surface area contributed by atoms with E-state index in [1.807, 2.05) is 60.7 Å². The van der Waals surface area contributed by atoms with Crippen LogP contribution in [0.5, 0.6) is 5.75 Å². The predicted molar refractivity (Wildman–Crippen MR) is 88.9 cm³/mol. The maximum Gasteiger partial charge on any atom is 0.192 e. The van der Waals surface area contributed by atoms with Crippen molar-refractivity contribution in [3.05, 3.63) is 78.4 Å². The Morgan fingerprint density at radius 1 is 0.783 bits per heavy atom. The van der Waals surface area contributed by atoms with Crippen molar-refractivity contribution in [2.75, 3.05) is 6.79 Å². The van der Waals surface area contributed by atoms with Gasteiger partial charge in [0.15, 0.2) is 13.1 Å². The van der Waals surface area contributed by atoms with Crippen molar-refractivity contribution < 1.29 is 14.6 Å². The fourth-order valence-electron chi connectivity index (χ4n) is 2.95. The van der Waals surface area contributed by atoms with Crippen molar-refractivity contribution in [1.82, 2.24) is 0 Å². The van der Waals surface area contributed by atoms with Crippen LogP contribution in [0.25, 0.3) is 22.3 Å². The van der Waals surface area contributed by atoms with Crippen LogP contribution in [0, 0.1) is 0 Å². The molecule has 0 aromatic heterocycles. The van der Waals surface area contributed by atoms with Crippen molar-refractivity contribution >= 4 is 0 Å². The summed E-state index contributed by atoms with van der Waals surface area (Å²) in [6.07, 6.45) is -0.953. The topological polar surface area (TPSA) is 38.7 Å². The first-order chi connectivity index (χ1) is 11.3. The molecule has 1 unspecified atom stereocenters. The zero-order valence-electron chi connectivity index (χ0n) is 12.5. The lowest BCUT2D eigenvalue weighted by atomic mass is 9.91. The summed E-state index contributed by atoms with van der Waals surface area (Å²) in [7, 11) is 0. The lowest BCUT2D eigenvalue weighted by Gasteiger charge is -2.26. The van der Waals surface area contributed by atoms with Gasteiger partial charge in [-0.3, -0.25) is 0 Å². The molecule has 1 heterocycles. The van der Waals surface area contributed by atoms with E-state index in [1.54, 1.807) is 0 Å². The second-order valence-electron chi connectivity index (χ2n) is 5.42. The summed E-state index contributed by atoms with van der Waals surface area (Å²) < 4.78 is 10.9. The van der Waals surface area contributed by atoms with Gasteiger partial charge >= 0.3 is 0 Å². The van der Waals surface area contributed by atoms with Gasteiger partial charge in [-0.2, -0.15) is 0 Å². The van der Waals surface area contributed by atoms with Gasteiger partial charge in [0.2, 0.25) is 0 Å². The molecule has 3 nitrogen and oxygen atoms in total. The Hall–Kier alpha value is -2.62. The molecule has 23 heavy (non-hydrogen) atoms. The summed E-state index contributed by atoms with van der Waals surface area (Å²) in [5.74, 6) is 0.691. The third-order valence-electron chi connectivity index (χ3n) is 4.03. The Morgan fingerprint density at radius 2 is 1.43 bits per heavy atom. The van der Waals surface area contributed by atoms with Crippen LogP contribution in [0.1, 0.15) is 11.9 Å². The lowest BCUT2D eigenvalue weighted by molar-refractivity contribution is -0.163. The van der Waals surface area contributed by atoms with Gasteiger partial charge < -0.3 is 14.6 Å². The minimum absolute atomic E-state index is 0.0479. The number of hydrogen-bond donors (Lipinski definition) is 1. The molecule has 0 saturated heterocycles. The minimum atomic E-state index is -0.953. The molecule has 0 spiro atoms. The number of hydrogen-bond acceptors (Lipinski definition) is 3. The molecule has 1 N–H and O–H groups in total. The summed E-state index contributed by atoms with van der Waals surface area (Å²) in [5, 5.41) is 10.1. The van der Waals surface area contributed by atoms with Gasteiger partial charge in [0, 0.05) is 5.56 Å². The number of rotatable bonds is 2. The molecule has 114 valence electrons. The first kappa shape index (κ1) is 14.0. The minimum Gasteiger partial charge on any atom is -0.466 e. The summed E-state index contributed by atoms with van der Waals surface area (Å²) in [4.78, 5) is 0. The van der Waals surface area contributed by atoms with E-state index in [1.165, 1.54) is 0 Å². The maximum atomic E-state index is 10.1. The van der Waals surface area contributed by atoms with Gasteiger partial charge in [0.05, 0.1) is 5.56 Å². The molecule has 3 aromatic rings. The van der Waals surface area contributed by atoms with Gasteiger partial charge in [-0.25, -0.2) is 0 Å². The molecule has 1 atom stereocenters. The van der Waals surface area contributed by atoms with E-state index < -0.39 is 6.29 Å². The van der Waals surface area contributed by atoms with Gasteiger partial charge in [-0.1, -0.05) is 66.7 Å². The van der Waals surface area contributed by atoms with E-state index in [-0.39, 0.29) is 6.79 Å². The zero-order chi connectivity index (χ0) is 15.6. The number of aliphatic hydroxyl groups is 1. The molecule has 1 aliphatic rings. The molecular formula is C20H16O3. The maximum absolute atomic E-state index is 10.1. The Balaban J connectivity index is 2.00. The molecular weight excluding hydrogens is 288 g/mol. The molecule has 3 heteroatoms. The summed E-state index contributed by atoms with van der Waals surface area (Å²) in [5.41, 5.74) is 4.88. The van der Waals surface area contributed by atoms with E-state index in [0.717, 1.165) is 22.3 Å². The molecule has 4 rings (SSSR count). The number of benzene rings is 3. The summed E-state index contributed by atoms with van der Waals surface area (Å²) in [6.45, 7) is 0.0479. The van der Waals surface area contributed by atoms with Crippen LogP contribution >= 0.6 is 0 Å². The van der Waals surface area contributed by atoms with Crippen LogP contribution in [0.3, 0.4) is 0 Å². The molecule has 0 radical (unpaired) electrons. The second-order valence-corrected chi connectivity index (χ2v) is 5.42. The number of aliphatic hydroxyl groups excluding tert-OH is 1. The zero-order valence-corrected chi connectivity index (χ0v) is 12.5. The van der Waals surface area contributed by atoms with Gasteiger partial charge in [0.25, 0.3) is 0 Å². The third kappa shape index (κ3) is 2.50. The smallest absolute Gasteiger partial charge is 0.192 e. The Labute approximate surface area is 134 Å². The number of ether oxygens (including phenoxy) is 2. The Kier molecular flexibility index (Phi) is 3.58. The average Bonchev–Trinajstić information content (AvgIpc) is 2.62. The molecule has 0 amide bonds. The number of fused-ring (bicyclic) bond motifs is 1. The Morgan fingerprint density at radius 3 is 2.13 bits per heavy atom. The monoisotopic (exact) mass is 304 g/mol. The standard InChI is InChI=1S/C20H16O3/c21-20-17-12-11-16(14-7-3-1-4-8-14)18(19(17)22-13-23-20)15-9-5-2-6-10-15/h1-12,20-21H,13H2. The van der Waals surface area contributed by atoms with Gasteiger partial charge in [0.1, 0.15) is 5.75 Å². The SMILES string of the molecule is OC1OCOc2c1ccc(-c1ccccc1)c2-c1ccccc1. The highest BCUT2D eigenvalue weighted by Crippen LogP contribution is 2.44. The van der Waals surface area contributed by atoms with Crippen molar-refractivity contribution in [2.24, 2.45) is 0 Å². The lowest BCUT2D eigenvalue weighted by Crippen LogP contribution is -2.17. The van der Waals surface area contributed by atoms with E-state index in [2.05, 4.69) is 12.1 Å². The molecule has 0 fully saturated rings. The fourth-order valence-corrected chi connectivity index (χ4v) is 2.95. The van der Waals surface area contributed by atoms with E-state index in [9.17, 15) is 5.11 Å². The molecule has 0 bridgehead atoms. The quantitative estimate of drug-likeness (QED) is 0.763. The first-order valence-corrected chi connectivity index (χ1v) is 7.55. The van der Waals surface area contributed by atoms with E-state index >= 15 is 0 Å².